The number of carbonyl (C=O) groups excluding carboxylic acids is 1. The largest absolute Gasteiger partial charge is 0.496 e. The van der Waals surface area contributed by atoms with Crippen LogP contribution in [0.1, 0.15) is 42.4 Å². The highest BCUT2D eigenvalue weighted by Gasteiger charge is 2.33. The summed E-state index contributed by atoms with van der Waals surface area (Å²) < 4.78 is 8.11. The Bertz CT molecular complexity index is 1210. The molecule has 1 aliphatic carbocycles. The maximum absolute atomic E-state index is 13.5. The summed E-state index contributed by atoms with van der Waals surface area (Å²) in [4.78, 5) is 15.2. The summed E-state index contributed by atoms with van der Waals surface area (Å²) >= 11 is 16.2. The van der Waals surface area contributed by atoms with Gasteiger partial charge in [0.2, 0.25) is 0 Å². The predicted octanol–water partition coefficient (Wildman–Crippen LogP) is 6.59. The van der Waals surface area contributed by atoms with E-state index < -0.39 is 0 Å². The van der Waals surface area contributed by atoms with Crippen molar-refractivity contribution in [3.63, 3.8) is 0 Å². The number of aromatic nitrogens is 2. The molecule has 4 rings (SSSR count). The van der Waals surface area contributed by atoms with E-state index in [4.69, 9.17) is 33.0 Å². The van der Waals surface area contributed by atoms with Gasteiger partial charge in [0.05, 0.1) is 23.0 Å². The van der Waals surface area contributed by atoms with E-state index in [1.807, 2.05) is 40.0 Å². The number of halogens is 3. The van der Waals surface area contributed by atoms with E-state index in [1.54, 1.807) is 34.9 Å². The molecule has 1 aliphatic rings. The van der Waals surface area contributed by atoms with Crippen LogP contribution in [0.3, 0.4) is 0 Å². The van der Waals surface area contributed by atoms with Crippen molar-refractivity contribution in [1.82, 2.24) is 14.7 Å². The molecule has 0 unspecified atom stereocenters. The molecule has 0 radical (unpaired) electrons. The molecule has 0 atom stereocenters. The Hall–Kier alpha value is -2.02. The van der Waals surface area contributed by atoms with Gasteiger partial charge in [0.1, 0.15) is 5.75 Å². The lowest BCUT2D eigenvalue weighted by molar-refractivity contribution is 0.0648. The van der Waals surface area contributed by atoms with Crippen LogP contribution < -0.4 is 4.74 Å². The summed E-state index contributed by atoms with van der Waals surface area (Å²) in [5.74, 6) is 0.657. The van der Waals surface area contributed by atoms with Gasteiger partial charge in [-0.2, -0.15) is 5.10 Å². The van der Waals surface area contributed by atoms with Crippen LogP contribution in [0.25, 0.3) is 16.9 Å². The van der Waals surface area contributed by atoms with Gasteiger partial charge in [-0.3, -0.25) is 4.79 Å². The number of carbonyl (C=O) groups is 1. The highest BCUT2D eigenvalue weighted by atomic mass is 79.9. The number of ether oxygens (including phenoxy) is 1. The summed E-state index contributed by atoms with van der Waals surface area (Å²) in [6.45, 7) is 6.01. The maximum atomic E-state index is 13.5. The number of amides is 1. The van der Waals surface area contributed by atoms with Gasteiger partial charge >= 0.3 is 0 Å². The minimum atomic E-state index is -0.337. The van der Waals surface area contributed by atoms with E-state index in [0.717, 1.165) is 39.0 Å². The fourth-order valence-corrected chi connectivity index (χ4v) is 4.91. The van der Waals surface area contributed by atoms with Crippen molar-refractivity contribution in [3.8, 4) is 22.7 Å². The number of fused-ring (bicyclic) bond motifs is 3. The third-order valence-electron chi connectivity index (χ3n) is 5.87. The average molecular weight is 537 g/mol. The molecule has 2 aromatic carbocycles. The van der Waals surface area contributed by atoms with E-state index >= 15 is 0 Å². The van der Waals surface area contributed by atoms with Crippen LogP contribution in [0, 0.1) is 0 Å². The zero-order valence-corrected chi connectivity index (χ0v) is 21.7. The summed E-state index contributed by atoms with van der Waals surface area (Å²) in [5, 5.41) is 5.82. The van der Waals surface area contributed by atoms with Gasteiger partial charge in [-0.15, -0.1) is 0 Å². The van der Waals surface area contributed by atoms with Gasteiger partial charge in [-0.25, -0.2) is 4.68 Å². The summed E-state index contributed by atoms with van der Waals surface area (Å²) in [6.07, 6.45) is 1.48. The first kappa shape index (κ1) is 23.1. The molecule has 5 nitrogen and oxygen atoms in total. The molecule has 168 valence electrons. The molecule has 3 aromatic rings. The smallest absolute Gasteiger partial charge is 0.274 e. The van der Waals surface area contributed by atoms with E-state index in [2.05, 4.69) is 15.9 Å². The van der Waals surface area contributed by atoms with Crippen molar-refractivity contribution < 1.29 is 9.53 Å². The maximum Gasteiger partial charge on any atom is 0.274 e. The Morgan fingerprint density at radius 3 is 2.38 bits per heavy atom. The fraction of sp³-hybridized carbons (Fsp3) is 0.333. The lowest BCUT2D eigenvalue weighted by Crippen LogP contribution is -2.43. The zero-order chi connectivity index (χ0) is 23.4. The van der Waals surface area contributed by atoms with Crippen LogP contribution in [-0.2, 0) is 12.8 Å². The molecule has 0 bridgehead atoms. The Morgan fingerprint density at radius 2 is 1.78 bits per heavy atom. The van der Waals surface area contributed by atoms with E-state index in [9.17, 15) is 4.79 Å². The van der Waals surface area contributed by atoms with Gasteiger partial charge in [0.25, 0.3) is 5.91 Å². The van der Waals surface area contributed by atoms with Crippen LogP contribution in [0.15, 0.2) is 34.8 Å². The second-order valence-corrected chi connectivity index (χ2v) is 10.6. The number of hydrogen-bond acceptors (Lipinski definition) is 3. The lowest BCUT2D eigenvalue weighted by Gasteiger charge is -2.31. The zero-order valence-electron chi connectivity index (χ0n) is 18.6. The summed E-state index contributed by atoms with van der Waals surface area (Å²) in [7, 11) is 3.46. The molecule has 0 N–H and O–H groups in total. The van der Waals surface area contributed by atoms with E-state index in [1.165, 1.54) is 0 Å². The summed E-state index contributed by atoms with van der Waals surface area (Å²) in [6, 6.07) is 9.34. The Morgan fingerprint density at radius 1 is 1.12 bits per heavy atom. The van der Waals surface area contributed by atoms with Crippen LogP contribution in [0.4, 0.5) is 0 Å². The first-order chi connectivity index (χ1) is 15.0. The summed E-state index contributed by atoms with van der Waals surface area (Å²) in [5.41, 5.74) is 4.75. The molecule has 0 fully saturated rings. The minimum absolute atomic E-state index is 0.114. The molecule has 0 saturated heterocycles. The minimum Gasteiger partial charge on any atom is -0.496 e. The second-order valence-electron chi connectivity index (χ2n) is 8.89. The SMILES string of the molecule is COc1cc2c(cc1Br)-c1c(c(C(=O)N(C)C(C)(C)C)nn1-c1cc(Cl)cc(Cl)c1)CC2. The molecule has 1 heterocycles. The van der Waals surface area contributed by atoms with Crippen LogP contribution in [0.5, 0.6) is 5.75 Å². The van der Waals surface area contributed by atoms with E-state index in [-0.39, 0.29) is 11.4 Å². The van der Waals surface area contributed by atoms with Gasteiger partial charge in [-0.1, -0.05) is 23.2 Å². The number of rotatable bonds is 3. The Balaban J connectivity index is 2.00. The number of methoxy groups -OCH3 is 1. The Kier molecular flexibility index (Phi) is 6.07. The van der Waals surface area contributed by atoms with Crippen molar-refractivity contribution in [1.29, 1.82) is 0 Å². The highest BCUT2D eigenvalue weighted by Crippen LogP contribution is 2.42. The monoisotopic (exact) mass is 535 g/mol. The molecular formula is C24H24BrCl2N3O2. The molecule has 0 aliphatic heterocycles. The van der Waals surface area contributed by atoms with Crippen LogP contribution in [-0.4, -0.2) is 40.3 Å². The van der Waals surface area contributed by atoms with Crippen molar-refractivity contribution in [2.75, 3.05) is 14.2 Å². The fourth-order valence-electron chi connectivity index (χ4n) is 3.89. The van der Waals surface area contributed by atoms with Crippen LogP contribution in [0.2, 0.25) is 10.0 Å². The van der Waals surface area contributed by atoms with Crippen molar-refractivity contribution in [2.45, 2.75) is 39.2 Å². The molecular weight excluding hydrogens is 513 g/mol. The number of benzene rings is 2. The first-order valence-corrected chi connectivity index (χ1v) is 11.8. The first-order valence-electron chi connectivity index (χ1n) is 10.2. The van der Waals surface area contributed by atoms with Gasteiger partial charge < -0.3 is 9.64 Å². The normalized spacial score (nSPS) is 12.9. The molecule has 32 heavy (non-hydrogen) atoms. The van der Waals surface area contributed by atoms with Crippen molar-refractivity contribution in [3.05, 3.63) is 61.7 Å². The topological polar surface area (TPSA) is 47.4 Å². The van der Waals surface area contributed by atoms with Gasteiger partial charge in [0.15, 0.2) is 5.69 Å². The van der Waals surface area contributed by atoms with Crippen molar-refractivity contribution in [2.24, 2.45) is 0 Å². The second kappa shape index (κ2) is 8.40. The number of nitrogens with zero attached hydrogens (tertiary/aromatic N) is 3. The molecule has 8 heteroatoms. The third kappa shape index (κ3) is 4.04. The quantitative estimate of drug-likeness (QED) is 0.379. The van der Waals surface area contributed by atoms with Gasteiger partial charge in [-0.05, 0) is 85.4 Å². The number of aryl methyl sites for hydroxylation is 1. The highest BCUT2D eigenvalue weighted by molar-refractivity contribution is 9.10. The molecule has 0 saturated carbocycles. The van der Waals surface area contributed by atoms with Crippen LogP contribution >= 0.6 is 39.1 Å². The standard InChI is InChI=1S/C24H24BrCl2N3O2/c1-24(2,3)29(4)23(31)21-17-7-6-13-8-20(32-5)19(25)12-18(13)22(17)30(28-21)16-10-14(26)9-15(27)11-16/h8-12H,6-7H2,1-5H3. The molecule has 1 amide bonds. The molecule has 1 aromatic heterocycles. The lowest BCUT2D eigenvalue weighted by atomic mass is 9.88. The van der Waals surface area contributed by atoms with E-state index in [0.29, 0.717) is 27.8 Å². The van der Waals surface area contributed by atoms with Crippen molar-refractivity contribution >= 4 is 45.0 Å². The third-order valence-corrected chi connectivity index (χ3v) is 6.92. The molecule has 0 spiro atoms. The number of hydrogen-bond donors (Lipinski definition) is 0. The van der Waals surface area contributed by atoms with Gasteiger partial charge in [0, 0.05) is 33.8 Å². The average Bonchev–Trinajstić information content (AvgIpc) is 3.11. The predicted molar refractivity (Wildman–Crippen MR) is 133 cm³/mol. The Labute approximate surface area is 206 Å².